The highest BCUT2D eigenvalue weighted by Gasteiger charge is 2.14. The molecule has 0 atom stereocenters. The number of carbonyl (C=O) groups excluding carboxylic acids is 2. The molecule has 0 unspecified atom stereocenters. The summed E-state index contributed by atoms with van der Waals surface area (Å²) in [7, 11) is 0. The van der Waals surface area contributed by atoms with Crippen LogP contribution in [-0.2, 0) is 0 Å². The fourth-order valence-electron chi connectivity index (χ4n) is 1.88. The van der Waals surface area contributed by atoms with Crippen molar-refractivity contribution in [3.05, 3.63) is 71.9 Å². The first-order valence-corrected chi connectivity index (χ1v) is 8.85. The van der Waals surface area contributed by atoms with Gasteiger partial charge in [0.1, 0.15) is 5.03 Å². The second-order valence-electron chi connectivity index (χ2n) is 4.88. The smallest absolute Gasteiger partial charge is 0.227 e. The van der Waals surface area contributed by atoms with Gasteiger partial charge in [0, 0.05) is 41.6 Å². The molecule has 0 aromatic carbocycles. The Bertz CT molecular complexity index is 833. The average molecular weight is 368 g/mol. The molecule has 0 spiro atoms. The van der Waals surface area contributed by atoms with E-state index in [1.54, 1.807) is 62.0 Å². The van der Waals surface area contributed by atoms with E-state index in [1.807, 2.05) is 0 Å². The van der Waals surface area contributed by atoms with Gasteiger partial charge < -0.3 is 0 Å². The fraction of sp³-hybridized carbons (Fsp3) is 0.0588. The summed E-state index contributed by atoms with van der Waals surface area (Å²) in [5.41, 5.74) is 1.75. The Labute approximate surface area is 152 Å². The van der Waals surface area contributed by atoms with E-state index >= 15 is 0 Å². The Morgan fingerprint density at radius 3 is 1.88 bits per heavy atom. The molecule has 8 heteroatoms. The van der Waals surface area contributed by atoms with E-state index in [0.717, 1.165) is 23.5 Å². The topological polar surface area (TPSA) is 85.7 Å². The van der Waals surface area contributed by atoms with E-state index in [-0.39, 0.29) is 10.2 Å². The second kappa shape index (κ2) is 8.00. The minimum absolute atomic E-state index is 0.142. The third-order valence-corrected chi connectivity index (χ3v) is 4.65. The molecule has 0 amide bonds. The molecule has 3 aromatic rings. The molecule has 0 bridgehead atoms. The van der Waals surface area contributed by atoms with Crippen LogP contribution in [0.4, 0.5) is 0 Å². The van der Waals surface area contributed by atoms with Crippen molar-refractivity contribution in [3.63, 3.8) is 0 Å². The van der Waals surface area contributed by atoms with Crippen LogP contribution < -0.4 is 0 Å². The van der Waals surface area contributed by atoms with Crippen LogP contribution in [0.5, 0.6) is 0 Å². The summed E-state index contributed by atoms with van der Waals surface area (Å²) in [6.45, 7) is 1.80. The van der Waals surface area contributed by atoms with E-state index in [9.17, 15) is 9.59 Å². The van der Waals surface area contributed by atoms with E-state index in [4.69, 9.17) is 0 Å². The number of hydrogen-bond donors (Lipinski definition) is 0. The number of pyridine rings is 2. The highest BCUT2D eigenvalue weighted by Crippen LogP contribution is 2.25. The molecule has 0 radical (unpaired) electrons. The average Bonchev–Trinajstić information content (AvgIpc) is 2.62. The molecule has 0 saturated heterocycles. The van der Waals surface area contributed by atoms with E-state index < -0.39 is 0 Å². The molecule has 6 nitrogen and oxygen atoms in total. The first-order chi connectivity index (χ1) is 12.1. The molecule has 0 aliphatic rings. The highest BCUT2D eigenvalue weighted by molar-refractivity contribution is 8.14. The van der Waals surface area contributed by atoms with Crippen molar-refractivity contribution in [2.45, 2.75) is 17.1 Å². The van der Waals surface area contributed by atoms with Gasteiger partial charge in [-0.05, 0) is 60.8 Å². The maximum Gasteiger partial charge on any atom is 0.227 e. The molecule has 0 aliphatic carbocycles. The highest BCUT2D eigenvalue weighted by atomic mass is 32.2. The molecule has 0 N–H and O–H groups in total. The van der Waals surface area contributed by atoms with E-state index in [0.29, 0.717) is 27.0 Å². The Hall–Kier alpha value is -2.58. The molecule has 25 heavy (non-hydrogen) atoms. The summed E-state index contributed by atoms with van der Waals surface area (Å²) in [6, 6.07) is 8.27. The van der Waals surface area contributed by atoms with Gasteiger partial charge in [0.15, 0.2) is 5.16 Å². The Morgan fingerprint density at radius 2 is 1.32 bits per heavy atom. The van der Waals surface area contributed by atoms with Crippen LogP contribution in [0, 0.1) is 6.92 Å². The van der Waals surface area contributed by atoms with Gasteiger partial charge in [-0.15, -0.1) is 0 Å². The molecular weight excluding hydrogens is 356 g/mol. The number of carbonyl (C=O) groups is 2. The Kier molecular flexibility index (Phi) is 5.52. The monoisotopic (exact) mass is 368 g/mol. The molecular formula is C17H12N4O2S2. The SMILES string of the molecule is Cc1cc(SC(=O)c2ccncc2)nc(SC(=O)c2ccncc2)n1. The number of aromatic nitrogens is 4. The number of thioether (sulfide) groups is 2. The first-order valence-electron chi connectivity index (χ1n) is 7.22. The normalized spacial score (nSPS) is 10.4. The lowest BCUT2D eigenvalue weighted by atomic mass is 10.3. The van der Waals surface area contributed by atoms with Gasteiger partial charge in [0.2, 0.25) is 10.2 Å². The summed E-state index contributed by atoms with van der Waals surface area (Å²) in [5.74, 6) is 0. The van der Waals surface area contributed by atoms with Crippen LogP contribution >= 0.6 is 23.5 Å². The van der Waals surface area contributed by atoms with E-state index in [1.165, 1.54) is 0 Å². The van der Waals surface area contributed by atoms with Crippen molar-refractivity contribution in [3.8, 4) is 0 Å². The summed E-state index contributed by atoms with van der Waals surface area (Å²) in [5, 5.41) is 0.493. The van der Waals surface area contributed by atoms with Crippen LogP contribution in [0.1, 0.15) is 26.4 Å². The van der Waals surface area contributed by atoms with Crippen molar-refractivity contribution in [1.82, 2.24) is 19.9 Å². The zero-order valence-electron chi connectivity index (χ0n) is 13.1. The molecule has 3 aromatic heterocycles. The van der Waals surface area contributed by atoms with Crippen molar-refractivity contribution in [2.24, 2.45) is 0 Å². The van der Waals surface area contributed by atoms with Crippen LogP contribution in [0.3, 0.4) is 0 Å². The molecule has 3 heterocycles. The summed E-state index contributed by atoms with van der Waals surface area (Å²) < 4.78 is 0. The number of aryl methyl sites for hydroxylation is 1. The lowest BCUT2D eigenvalue weighted by molar-refractivity contribution is 0.108. The zero-order chi connectivity index (χ0) is 17.6. The Morgan fingerprint density at radius 1 is 0.800 bits per heavy atom. The number of rotatable bonds is 4. The zero-order valence-corrected chi connectivity index (χ0v) is 14.8. The lowest BCUT2D eigenvalue weighted by Gasteiger charge is -2.05. The van der Waals surface area contributed by atoms with Gasteiger partial charge in [0.25, 0.3) is 0 Å². The molecule has 124 valence electrons. The standard InChI is InChI=1S/C17H12N4O2S2/c1-11-10-14(24-15(22)12-2-6-18-7-3-12)21-17(20-11)25-16(23)13-4-8-19-9-5-13/h2-10H,1H3. The third-order valence-electron chi connectivity index (χ3n) is 3.02. The second-order valence-corrected chi connectivity index (χ2v) is 6.81. The largest absolute Gasteiger partial charge is 0.281 e. The van der Waals surface area contributed by atoms with Crippen molar-refractivity contribution in [2.75, 3.05) is 0 Å². The Balaban J connectivity index is 1.76. The van der Waals surface area contributed by atoms with Gasteiger partial charge in [-0.2, -0.15) is 0 Å². The minimum Gasteiger partial charge on any atom is -0.281 e. The van der Waals surface area contributed by atoms with Gasteiger partial charge in [-0.1, -0.05) is 0 Å². The van der Waals surface area contributed by atoms with Crippen LogP contribution in [-0.4, -0.2) is 30.2 Å². The summed E-state index contributed by atoms with van der Waals surface area (Å²) >= 11 is 1.92. The maximum atomic E-state index is 12.3. The first kappa shape index (κ1) is 17.2. The van der Waals surface area contributed by atoms with Crippen LogP contribution in [0.2, 0.25) is 0 Å². The number of hydrogen-bond acceptors (Lipinski definition) is 8. The van der Waals surface area contributed by atoms with Gasteiger partial charge >= 0.3 is 0 Å². The van der Waals surface area contributed by atoms with Crippen molar-refractivity contribution in [1.29, 1.82) is 0 Å². The van der Waals surface area contributed by atoms with Crippen LogP contribution in [0.25, 0.3) is 0 Å². The predicted octanol–water partition coefficient (Wildman–Crippen LogP) is 3.44. The van der Waals surface area contributed by atoms with E-state index in [2.05, 4.69) is 19.9 Å². The molecule has 3 rings (SSSR count). The maximum absolute atomic E-state index is 12.3. The van der Waals surface area contributed by atoms with Gasteiger partial charge in [-0.3, -0.25) is 19.6 Å². The molecule has 0 saturated carbocycles. The van der Waals surface area contributed by atoms with Crippen LogP contribution in [0.15, 0.2) is 65.3 Å². The predicted molar refractivity (Wildman–Crippen MR) is 95.6 cm³/mol. The summed E-state index contributed by atoms with van der Waals surface area (Å²) in [4.78, 5) is 40.9. The van der Waals surface area contributed by atoms with Crippen molar-refractivity contribution < 1.29 is 9.59 Å². The van der Waals surface area contributed by atoms with Crippen molar-refractivity contribution >= 4 is 33.8 Å². The minimum atomic E-state index is -0.176. The summed E-state index contributed by atoms with van der Waals surface area (Å²) in [6.07, 6.45) is 6.24. The fourth-order valence-corrected chi connectivity index (χ4v) is 3.50. The quantitative estimate of drug-likeness (QED) is 0.393. The third kappa shape index (κ3) is 4.71. The molecule has 0 fully saturated rings. The number of nitrogens with zero attached hydrogens (tertiary/aromatic N) is 4. The van der Waals surface area contributed by atoms with Gasteiger partial charge in [0.05, 0.1) is 0 Å². The van der Waals surface area contributed by atoms with Gasteiger partial charge in [-0.25, -0.2) is 9.97 Å². The lowest BCUT2D eigenvalue weighted by Crippen LogP contribution is -2.00. The molecule has 0 aliphatic heterocycles.